The average molecular weight is 488 g/mol. The number of nitrogens with one attached hydrogen (secondary N) is 3. The van der Waals surface area contributed by atoms with Gasteiger partial charge in [-0.3, -0.25) is 15.1 Å². The Bertz CT molecular complexity index is 1250. The van der Waals surface area contributed by atoms with Gasteiger partial charge >= 0.3 is 0 Å². The minimum absolute atomic E-state index is 0.0664. The first kappa shape index (κ1) is 23.6. The molecule has 0 spiro atoms. The molecule has 1 saturated heterocycles. The highest BCUT2D eigenvalue weighted by Crippen LogP contribution is 2.32. The molecule has 1 unspecified atom stereocenters. The number of amidine groups is 2. The van der Waals surface area contributed by atoms with Crippen LogP contribution in [0.5, 0.6) is 11.5 Å². The van der Waals surface area contributed by atoms with E-state index in [2.05, 4.69) is 20.6 Å². The number of hydrogen-bond acceptors (Lipinski definition) is 8. The van der Waals surface area contributed by atoms with Gasteiger partial charge in [0.05, 0.1) is 5.57 Å². The molecule has 1 fully saturated rings. The zero-order valence-electron chi connectivity index (χ0n) is 20.3. The molecule has 186 valence electrons. The molecule has 3 heterocycles. The lowest BCUT2D eigenvalue weighted by molar-refractivity contribution is -0.127. The molecule has 0 bridgehead atoms. The Hall–Kier alpha value is -4.18. The molecule has 3 aliphatic heterocycles. The van der Waals surface area contributed by atoms with Crippen LogP contribution in [0.2, 0.25) is 0 Å². The molecule has 1 atom stereocenters. The van der Waals surface area contributed by atoms with Gasteiger partial charge in [-0.25, -0.2) is 9.98 Å². The molecule has 10 nitrogen and oxygen atoms in total. The van der Waals surface area contributed by atoms with Crippen molar-refractivity contribution in [2.45, 2.75) is 19.5 Å². The first-order chi connectivity index (χ1) is 17.5. The van der Waals surface area contributed by atoms with Crippen molar-refractivity contribution in [1.29, 1.82) is 5.41 Å². The lowest BCUT2D eigenvalue weighted by Crippen LogP contribution is -2.59. The van der Waals surface area contributed by atoms with E-state index in [0.717, 1.165) is 17.0 Å². The predicted octanol–water partition coefficient (Wildman–Crippen LogP) is 2.37. The minimum atomic E-state index is -0.366. The Morgan fingerprint density at radius 1 is 1.17 bits per heavy atom. The summed E-state index contributed by atoms with van der Waals surface area (Å²) in [5.41, 5.74) is 3.61. The van der Waals surface area contributed by atoms with Gasteiger partial charge in [0.15, 0.2) is 17.3 Å². The maximum Gasteiger partial charge on any atom is 0.239 e. The van der Waals surface area contributed by atoms with Gasteiger partial charge in [-0.2, -0.15) is 0 Å². The van der Waals surface area contributed by atoms with E-state index < -0.39 is 0 Å². The lowest BCUT2D eigenvalue weighted by Gasteiger charge is -2.40. The number of amides is 1. The van der Waals surface area contributed by atoms with E-state index in [4.69, 9.17) is 14.9 Å². The molecule has 0 radical (unpaired) electrons. The van der Waals surface area contributed by atoms with Crippen molar-refractivity contribution in [3.05, 3.63) is 65.4 Å². The zero-order valence-corrected chi connectivity index (χ0v) is 20.3. The Morgan fingerprint density at radius 2 is 1.97 bits per heavy atom. The van der Waals surface area contributed by atoms with Crippen LogP contribution >= 0.6 is 0 Å². The summed E-state index contributed by atoms with van der Waals surface area (Å²) in [6.07, 6.45) is 3.16. The highest BCUT2D eigenvalue weighted by atomic mass is 16.7. The molecule has 0 saturated carbocycles. The fraction of sp³-hybridized carbons (Fsp3) is 0.308. The molecule has 1 amide bonds. The molecule has 3 aliphatic rings. The maximum atomic E-state index is 13.2. The van der Waals surface area contributed by atoms with E-state index in [1.807, 2.05) is 66.2 Å². The summed E-state index contributed by atoms with van der Waals surface area (Å²) in [6, 6.07) is 13.3. The van der Waals surface area contributed by atoms with Gasteiger partial charge in [0, 0.05) is 38.1 Å². The second-order valence-electron chi connectivity index (χ2n) is 8.96. The van der Waals surface area contributed by atoms with E-state index in [9.17, 15) is 4.79 Å². The first-order valence-corrected chi connectivity index (χ1v) is 11.8. The largest absolute Gasteiger partial charge is 0.454 e. The van der Waals surface area contributed by atoms with E-state index in [0.29, 0.717) is 43.3 Å². The minimum Gasteiger partial charge on any atom is -0.454 e. The van der Waals surface area contributed by atoms with Crippen molar-refractivity contribution in [2.24, 2.45) is 9.98 Å². The number of nitrogens with zero attached hydrogens (tertiary/aromatic N) is 4. The fourth-order valence-electron chi connectivity index (χ4n) is 4.28. The second kappa shape index (κ2) is 10.2. The third-order valence-electron chi connectivity index (χ3n) is 6.45. The molecule has 2 aromatic carbocycles. The normalized spacial score (nSPS) is 20.4. The van der Waals surface area contributed by atoms with Crippen LogP contribution in [-0.2, 0) is 11.3 Å². The summed E-state index contributed by atoms with van der Waals surface area (Å²) in [4.78, 5) is 25.8. The maximum absolute atomic E-state index is 13.2. The number of rotatable bonds is 5. The van der Waals surface area contributed by atoms with Gasteiger partial charge in [-0.05, 0) is 43.8 Å². The molecule has 0 aliphatic carbocycles. The molecule has 3 N–H and O–H groups in total. The Morgan fingerprint density at radius 3 is 2.81 bits per heavy atom. The van der Waals surface area contributed by atoms with E-state index >= 15 is 0 Å². The van der Waals surface area contributed by atoms with Gasteiger partial charge in [0.1, 0.15) is 18.2 Å². The smallest absolute Gasteiger partial charge is 0.239 e. The number of carbonyl (C=O) groups is 1. The number of ether oxygens (including phenoxy) is 2. The van der Waals surface area contributed by atoms with Gasteiger partial charge in [0.2, 0.25) is 12.7 Å². The lowest BCUT2D eigenvalue weighted by atomic mass is 10.1. The van der Waals surface area contributed by atoms with Crippen molar-refractivity contribution in [1.82, 2.24) is 15.1 Å². The second-order valence-corrected chi connectivity index (χ2v) is 8.96. The number of aliphatic imine (C=N–C) groups is 2. The van der Waals surface area contributed by atoms with Crippen molar-refractivity contribution < 1.29 is 14.3 Å². The highest BCUT2D eigenvalue weighted by molar-refractivity contribution is 6.26. The third kappa shape index (κ3) is 5.08. The van der Waals surface area contributed by atoms with Crippen LogP contribution in [-0.4, -0.2) is 73.2 Å². The number of benzene rings is 2. The Labute approximate surface area is 209 Å². The summed E-state index contributed by atoms with van der Waals surface area (Å²) in [5, 5.41) is 14.7. The van der Waals surface area contributed by atoms with E-state index in [-0.39, 0.29) is 24.6 Å². The van der Waals surface area contributed by atoms with Gasteiger partial charge in [-0.1, -0.05) is 23.8 Å². The van der Waals surface area contributed by atoms with Crippen LogP contribution < -0.4 is 20.1 Å². The third-order valence-corrected chi connectivity index (χ3v) is 6.45. The zero-order chi connectivity index (χ0) is 25.1. The molecular weight excluding hydrogens is 458 g/mol. The number of carbonyl (C=O) groups excluding carboxylic acids is 1. The predicted molar refractivity (Wildman–Crippen MR) is 139 cm³/mol. The van der Waals surface area contributed by atoms with Gasteiger partial charge in [-0.15, -0.1) is 0 Å². The monoisotopic (exact) mass is 487 g/mol. The standard InChI is InChI=1S/C26H29N7O3/c1-17-3-6-19(7-4-17)28-13-20-24(27)30-15-31-25(20)33-10-9-32(2)21(14-33)26(34)29-12-18-5-8-22-23(11-18)36-16-35-22/h3-8,11,13,15,21,27-28H,9-10,12,14,16H2,1-2H3,(H,29,34)/b20-13+,27-24?. The van der Waals surface area contributed by atoms with Crippen molar-refractivity contribution >= 4 is 29.6 Å². The molecule has 0 aromatic heterocycles. The van der Waals surface area contributed by atoms with Crippen LogP contribution in [0.1, 0.15) is 11.1 Å². The summed E-state index contributed by atoms with van der Waals surface area (Å²) in [6.45, 7) is 4.47. The Kier molecular flexibility index (Phi) is 6.68. The number of fused-ring (bicyclic) bond motifs is 1. The summed E-state index contributed by atoms with van der Waals surface area (Å²) >= 11 is 0. The van der Waals surface area contributed by atoms with Crippen molar-refractivity contribution in [2.75, 3.05) is 38.8 Å². The molecule has 10 heteroatoms. The number of hydrogen-bond donors (Lipinski definition) is 3. The van der Waals surface area contributed by atoms with Crippen LogP contribution in [0, 0.1) is 12.3 Å². The van der Waals surface area contributed by atoms with Gasteiger partial charge in [0.25, 0.3) is 0 Å². The number of piperazine rings is 1. The first-order valence-electron chi connectivity index (χ1n) is 11.8. The summed E-state index contributed by atoms with van der Waals surface area (Å²) < 4.78 is 10.8. The molecule has 2 aromatic rings. The fourth-order valence-corrected chi connectivity index (χ4v) is 4.28. The quantitative estimate of drug-likeness (QED) is 0.597. The van der Waals surface area contributed by atoms with Crippen LogP contribution in [0.4, 0.5) is 5.69 Å². The molecular formula is C26H29N7O3. The molecule has 36 heavy (non-hydrogen) atoms. The van der Waals surface area contributed by atoms with E-state index in [1.165, 1.54) is 11.9 Å². The summed E-state index contributed by atoms with van der Waals surface area (Å²) in [5.74, 6) is 2.11. The number of anilines is 1. The molecule has 5 rings (SSSR count). The van der Waals surface area contributed by atoms with Crippen molar-refractivity contribution in [3.63, 3.8) is 0 Å². The van der Waals surface area contributed by atoms with Crippen LogP contribution in [0.25, 0.3) is 0 Å². The van der Waals surface area contributed by atoms with Crippen molar-refractivity contribution in [3.8, 4) is 11.5 Å². The highest BCUT2D eigenvalue weighted by Gasteiger charge is 2.33. The average Bonchev–Trinajstić information content (AvgIpc) is 3.36. The topological polar surface area (TPSA) is 115 Å². The van der Waals surface area contributed by atoms with Gasteiger partial charge < -0.3 is 25.0 Å². The number of aryl methyl sites for hydroxylation is 1. The Balaban J connectivity index is 1.26. The van der Waals surface area contributed by atoms with Crippen LogP contribution in [0.3, 0.4) is 0 Å². The number of likely N-dealkylation sites (N-methyl/N-ethyl adjacent to an activating group) is 1. The van der Waals surface area contributed by atoms with Crippen LogP contribution in [0.15, 0.2) is 64.2 Å². The summed E-state index contributed by atoms with van der Waals surface area (Å²) in [7, 11) is 1.95. The SMILES string of the molecule is Cc1ccc(N/C=C2\C(=N)N=CN=C2N2CCN(C)C(C(=O)NCc3ccc4c(c3)OCO4)C2)cc1. The van der Waals surface area contributed by atoms with E-state index in [1.54, 1.807) is 6.20 Å².